The van der Waals surface area contributed by atoms with Gasteiger partial charge in [-0.25, -0.2) is 0 Å². The van der Waals surface area contributed by atoms with E-state index in [1.807, 2.05) is 33.9 Å². The molecule has 5 nitrogen and oxygen atoms in total. The molecule has 1 unspecified atom stereocenters. The first-order valence-electron chi connectivity index (χ1n) is 8.59. The van der Waals surface area contributed by atoms with Crippen molar-refractivity contribution in [3.8, 4) is 11.4 Å². The molecule has 1 atom stereocenters. The summed E-state index contributed by atoms with van der Waals surface area (Å²) in [6, 6.07) is 9.17. The van der Waals surface area contributed by atoms with Gasteiger partial charge in [-0.15, -0.1) is 0 Å². The molecule has 0 bridgehead atoms. The fourth-order valence-electron chi connectivity index (χ4n) is 3.31. The molecule has 134 valence electrons. The predicted octanol–water partition coefficient (Wildman–Crippen LogP) is 4.55. The second kappa shape index (κ2) is 7.60. The zero-order chi connectivity index (χ0) is 17.9. The maximum Gasteiger partial charge on any atom is 0.255 e. The Balaban J connectivity index is 1.42. The molecule has 3 heterocycles. The summed E-state index contributed by atoms with van der Waals surface area (Å²) in [4.78, 5) is 19.1. The van der Waals surface area contributed by atoms with Crippen molar-refractivity contribution in [2.24, 2.45) is 5.92 Å². The highest BCUT2D eigenvalue weighted by atomic mass is 35.5. The van der Waals surface area contributed by atoms with Gasteiger partial charge in [-0.2, -0.15) is 16.3 Å². The number of amides is 1. The van der Waals surface area contributed by atoms with Crippen LogP contribution >= 0.6 is 22.9 Å². The average Bonchev–Trinajstić information content (AvgIpc) is 3.33. The molecule has 1 aliphatic rings. The number of hydrogen-bond acceptors (Lipinski definition) is 5. The molecule has 0 spiro atoms. The van der Waals surface area contributed by atoms with Gasteiger partial charge in [0.2, 0.25) is 11.7 Å². The quantitative estimate of drug-likeness (QED) is 0.659. The summed E-state index contributed by atoms with van der Waals surface area (Å²) in [7, 11) is 0. The van der Waals surface area contributed by atoms with Crippen LogP contribution < -0.4 is 0 Å². The molecule has 0 radical (unpaired) electrons. The van der Waals surface area contributed by atoms with E-state index in [0.717, 1.165) is 24.9 Å². The molecule has 0 saturated carbocycles. The molecule has 1 aliphatic heterocycles. The first-order valence-corrected chi connectivity index (χ1v) is 9.92. The van der Waals surface area contributed by atoms with Crippen LogP contribution in [0, 0.1) is 5.92 Å². The molecular formula is C19H18ClN3O2S. The molecule has 26 heavy (non-hydrogen) atoms. The highest BCUT2D eigenvalue weighted by Crippen LogP contribution is 2.25. The Morgan fingerprint density at radius 1 is 1.35 bits per heavy atom. The molecule has 7 heteroatoms. The summed E-state index contributed by atoms with van der Waals surface area (Å²) in [5.41, 5.74) is 1.54. The monoisotopic (exact) mass is 387 g/mol. The number of hydrogen-bond donors (Lipinski definition) is 0. The lowest BCUT2D eigenvalue weighted by atomic mass is 9.94. The van der Waals surface area contributed by atoms with E-state index in [0.29, 0.717) is 41.2 Å². The summed E-state index contributed by atoms with van der Waals surface area (Å²) in [6.45, 7) is 1.44. The SMILES string of the molecule is O=C(c1ccccc1Cl)N1CCCC(Cc2nc(-c3ccsc3)no2)C1. The van der Waals surface area contributed by atoms with Crippen LogP contribution in [0.5, 0.6) is 0 Å². The van der Waals surface area contributed by atoms with E-state index in [2.05, 4.69) is 10.1 Å². The van der Waals surface area contributed by atoms with Gasteiger partial charge in [-0.05, 0) is 42.3 Å². The molecule has 0 N–H and O–H groups in total. The minimum absolute atomic E-state index is 0.00945. The summed E-state index contributed by atoms with van der Waals surface area (Å²) in [5, 5.41) is 8.55. The molecule has 3 aromatic rings. The van der Waals surface area contributed by atoms with Gasteiger partial charge in [-0.3, -0.25) is 4.79 Å². The first-order chi connectivity index (χ1) is 12.7. The van der Waals surface area contributed by atoms with Crippen LogP contribution in [0.15, 0.2) is 45.6 Å². The Bertz CT molecular complexity index is 894. The first kappa shape index (κ1) is 17.2. The number of piperidine rings is 1. The van der Waals surface area contributed by atoms with Gasteiger partial charge in [0.15, 0.2) is 0 Å². The molecule has 1 amide bonds. The second-order valence-corrected chi connectivity index (χ2v) is 7.65. The van der Waals surface area contributed by atoms with Crippen LogP contribution in [0.2, 0.25) is 5.02 Å². The van der Waals surface area contributed by atoms with Crippen LogP contribution in [0.3, 0.4) is 0 Å². The lowest BCUT2D eigenvalue weighted by Gasteiger charge is -2.32. The summed E-state index contributed by atoms with van der Waals surface area (Å²) in [5.74, 6) is 1.56. The van der Waals surface area contributed by atoms with Gasteiger partial charge in [0, 0.05) is 30.5 Å². The van der Waals surface area contributed by atoms with Crippen molar-refractivity contribution < 1.29 is 9.32 Å². The summed E-state index contributed by atoms with van der Waals surface area (Å²) in [6.07, 6.45) is 2.69. The maximum absolute atomic E-state index is 12.8. The van der Waals surface area contributed by atoms with Crippen LogP contribution in [-0.4, -0.2) is 34.0 Å². The fourth-order valence-corrected chi connectivity index (χ4v) is 4.17. The van der Waals surface area contributed by atoms with Crippen molar-refractivity contribution in [3.05, 3.63) is 57.6 Å². The zero-order valence-corrected chi connectivity index (χ0v) is 15.7. The van der Waals surface area contributed by atoms with Crippen molar-refractivity contribution in [1.82, 2.24) is 15.0 Å². The average molecular weight is 388 g/mol. The van der Waals surface area contributed by atoms with Crippen LogP contribution in [0.25, 0.3) is 11.4 Å². The molecule has 1 fully saturated rings. The van der Waals surface area contributed by atoms with Crippen molar-refractivity contribution in [1.29, 1.82) is 0 Å². The Labute approximate surface area is 160 Å². The van der Waals surface area contributed by atoms with E-state index in [9.17, 15) is 4.79 Å². The molecule has 0 aliphatic carbocycles. The van der Waals surface area contributed by atoms with E-state index in [4.69, 9.17) is 16.1 Å². The Morgan fingerprint density at radius 2 is 2.23 bits per heavy atom. The second-order valence-electron chi connectivity index (χ2n) is 6.47. The smallest absolute Gasteiger partial charge is 0.255 e. The van der Waals surface area contributed by atoms with Crippen molar-refractivity contribution in [3.63, 3.8) is 0 Å². The molecular weight excluding hydrogens is 370 g/mol. The Morgan fingerprint density at radius 3 is 3.04 bits per heavy atom. The lowest BCUT2D eigenvalue weighted by molar-refractivity contribution is 0.0668. The fraction of sp³-hybridized carbons (Fsp3) is 0.316. The lowest BCUT2D eigenvalue weighted by Crippen LogP contribution is -2.40. The number of likely N-dealkylation sites (tertiary alicyclic amines) is 1. The van der Waals surface area contributed by atoms with Crippen molar-refractivity contribution in [2.45, 2.75) is 19.3 Å². The molecule has 2 aromatic heterocycles. The third kappa shape index (κ3) is 3.66. The van der Waals surface area contributed by atoms with E-state index in [1.54, 1.807) is 23.5 Å². The molecule has 1 saturated heterocycles. The number of carbonyl (C=O) groups is 1. The van der Waals surface area contributed by atoms with Gasteiger partial charge >= 0.3 is 0 Å². The minimum atomic E-state index is -0.00945. The predicted molar refractivity (Wildman–Crippen MR) is 101 cm³/mol. The van der Waals surface area contributed by atoms with Gasteiger partial charge in [-0.1, -0.05) is 28.9 Å². The number of thiophene rings is 1. The van der Waals surface area contributed by atoms with Crippen molar-refractivity contribution >= 4 is 28.8 Å². The number of benzene rings is 1. The largest absolute Gasteiger partial charge is 0.339 e. The third-order valence-corrected chi connectivity index (χ3v) is 5.63. The minimum Gasteiger partial charge on any atom is -0.339 e. The number of rotatable bonds is 4. The standard InChI is InChI=1S/C19H18ClN3O2S/c20-16-6-2-1-5-15(16)19(24)23-8-3-4-13(11-23)10-17-21-18(22-25-17)14-7-9-26-12-14/h1-2,5-7,9,12-13H,3-4,8,10-11H2. The number of aromatic nitrogens is 2. The highest BCUT2D eigenvalue weighted by Gasteiger charge is 2.27. The number of nitrogens with zero attached hydrogens (tertiary/aromatic N) is 3. The van der Waals surface area contributed by atoms with E-state index in [-0.39, 0.29) is 5.91 Å². The van der Waals surface area contributed by atoms with Crippen LogP contribution in [0.1, 0.15) is 29.1 Å². The molecule has 4 rings (SSSR count). The zero-order valence-electron chi connectivity index (χ0n) is 14.1. The Kier molecular flexibility index (Phi) is 5.04. The van der Waals surface area contributed by atoms with Gasteiger partial charge in [0.25, 0.3) is 5.91 Å². The number of halogens is 1. The topological polar surface area (TPSA) is 59.2 Å². The van der Waals surface area contributed by atoms with E-state index < -0.39 is 0 Å². The maximum atomic E-state index is 12.8. The van der Waals surface area contributed by atoms with Crippen molar-refractivity contribution in [2.75, 3.05) is 13.1 Å². The van der Waals surface area contributed by atoms with Crippen LogP contribution in [-0.2, 0) is 6.42 Å². The summed E-state index contributed by atoms with van der Waals surface area (Å²) < 4.78 is 5.41. The normalized spacial score (nSPS) is 17.4. The highest BCUT2D eigenvalue weighted by molar-refractivity contribution is 7.08. The number of carbonyl (C=O) groups excluding carboxylic acids is 1. The van der Waals surface area contributed by atoms with Gasteiger partial charge < -0.3 is 9.42 Å². The molecule has 1 aromatic carbocycles. The van der Waals surface area contributed by atoms with E-state index >= 15 is 0 Å². The third-order valence-electron chi connectivity index (χ3n) is 4.62. The summed E-state index contributed by atoms with van der Waals surface area (Å²) >= 11 is 7.78. The van der Waals surface area contributed by atoms with E-state index in [1.165, 1.54) is 0 Å². The van der Waals surface area contributed by atoms with Gasteiger partial charge in [0.05, 0.1) is 10.6 Å². The van der Waals surface area contributed by atoms with Gasteiger partial charge in [0.1, 0.15) is 0 Å². The van der Waals surface area contributed by atoms with Crippen LogP contribution in [0.4, 0.5) is 0 Å². The Hall–Kier alpha value is -2.18.